The minimum Gasteiger partial charge on any atom is -0.398 e. The number of nitrogens with two attached hydrogens (primary N) is 1. The van der Waals surface area contributed by atoms with Gasteiger partial charge in [0, 0.05) is 54.7 Å². The Labute approximate surface area is 266 Å². The summed E-state index contributed by atoms with van der Waals surface area (Å²) in [6, 6.07) is 6.40. The predicted molar refractivity (Wildman–Crippen MR) is 181 cm³/mol. The fourth-order valence-corrected chi connectivity index (χ4v) is 7.86. The third-order valence-corrected chi connectivity index (χ3v) is 10.9. The van der Waals surface area contributed by atoms with Crippen molar-refractivity contribution >= 4 is 11.5 Å². The van der Waals surface area contributed by atoms with Crippen molar-refractivity contribution in [3.05, 3.63) is 45.9 Å². The van der Waals surface area contributed by atoms with Crippen LogP contribution >= 0.6 is 0 Å². The third kappa shape index (κ3) is 7.06. The Bertz CT molecular complexity index is 1300. The molecule has 3 fully saturated rings. The number of nitrogens with zero attached hydrogens (tertiary/aromatic N) is 5. The van der Waals surface area contributed by atoms with Crippen molar-refractivity contribution in [1.29, 1.82) is 5.26 Å². The van der Waals surface area contributed by atoms with E-state index in [1.807, 2.05) is 6.07 Å². The molecule has 5 rings (SSSR count). The number of nitriles is 1. The number of benzene rings is 1. The second kappa shape index (κ2) is 14.6. The Morgan fingerprint density at radius 3 is 2.34 bits per heavy atom. The number of aryl methyl sites for hydroxylation is 1. The molecule has 44 heavy (non-hydrogen) atoms. The van der Waals surface area contributed by atoms with Crippen molar-refractivity contribution in [2.75, 3.05) is 36.8 Å². The van der Waals surface area contributed by atoms with E-state index in [0.717, 1.165) is 81.1 Å². The van der Waals surface area contributed by atoms with Crippen LogP contribution in [0, 0.1) is 16.7 Å². The lowest BCUT2D eigenvalue weighted by atomic mass is 9.78. The summed E-state index contributed by atoms with van der Waals surface area (Å²) < 4.78 is 13.0. The van der Waals surface area contributed by atoms with Crippen LogP contribution in [0.3, 0.4) is 0 Å². The van der Waals surface area contributed by atoms with Crippen molar-refractivity contribution < 1.29 is 4.39 Å². The lowest BCUT2D eigenvalue weighted by Gasteiger charge is -2.49. The highest BCUT2D eigenvalue weighted by Gasteiger charge is 2.46. The molecule has 242 valence electrons. The molecule has 1 aromatic carbocycles. The molecule has 1 aliphatic carbocycles. The molecule has 2 aromatic rings. The van der Waals surface area contributed by atoms with E-state index in [9.17, 15) is 9.65 Å². The normalized spacial score (nSPS) is 23.2. The van der Waals surface area contributed by atoms with E-state index in [0.29, 0.717) is 35.5 Å². The number of hydrogen-bond acceptors (Lipinski definition) is 6. The molecule has 1 aromatic heterocycles. The third-order valence-electron chi connectivity index (χ3n) is 10.9. The van der Waals surface area contributed by atoms with Crippen molar-refractivity contribution in [3.8, 4) is 6.07 Å². The summed E-state index contributed by atoms with van der Waals surface area (Å²) in [5.41, 5.74) is 12.7. The zero-order valence-corrected chi connectivity index (χ0v) is 28.6. The van der Waals surface area contributed by atoms with Crippen LogP contribution in [0.2, 0.25) is 0 Å². The van der Waals surface area contributed by atoms with E-state index in [-0.39, 0.29) is 5.54 Å². The van der Waals surface area contributed by atoms with Gasteiger partial charge in [0.2, 0.25) is 0 Å². The number of nitrogen functional groups attached to an aromatic ring is 1. The number of aromatic nitrogens is 2. The van der Waals surface area contributed by atoms with Gasteiger partial charge >= 0.3 is 0 Å². The maximum absolute atomic E-state index is 13.0. The topological polar surface area (TPSA) is 82.1 Å². The van der Waals surface area contributed by atoms with Crippen LogP contribution in [0.4, 0.5) is 15.9 Å². The summed E-state index contributed by atoms with van der Waals surface area (Å²) >= 11 is 0. The molecule has 2 N–H and O–H groups in total. The molecule has 2 aliphatic heterocycles. The lowest BCUT2D eigenvalue weighted by molar-refractivity contribution is 0.159. The number of hydrogen-bond donors (Lipinski definition) is 1. The van der Waals surface area contributed by atoms with Crippen LogP contribution in [0.15, 0.2) is 12.1 Å². The van der Waals surface area contributed by atoms with E-state index in [2.05, 4.69) is 70.4 Å². The second-order valence-corrected chi connectivity index (χ2v) is 13.9. The first kappa shape index (κ1) is 34.2. The van der Waals surface area contributed by atoms with Gasteiger partial charge in [-0.2, -0.15) is 5.26 Å². The van der Waals surface area contributed by atoms with Gasteiger partial charge in [-0.05, 0) is 75.1 Å². The molecule has 3 aliphatic rings. The van der Waals surface area contributed by atoms with Gasteiger partial charge in [0.15, 0.2) is 0 Å². The maximum atomic E-state index is 13.0. The first-order chi connectivity index (χ1) is 21.1. The summed E-state index contributed by atoms with van der Waals surface area (Å²) in [7, 11) is 0. The molecular formula is C37H57FN6. The Morgan fingerprint density at radius 2 is 1.80 bits per heavy atom. The Balaban J connectivity index is 0.000000339. The van der Waals surface area contributed by atoms with E-state index >= 15 is 0 Å². The summed E-state index contributed by atoms with van der Waals surface area (Å²) in [5, 5.41) is 9.97. The van der Waals surface area contributed by atoms with Gasteiger partial charge in [-0.25, -0.2) is 14.4 Å². The summed E-state index contributed by atoms with van der Waals surface area (Å²) in [4.78, 5) is 14.8. The molecule has 0 bridgehead atoms. The van der Waals surface area contributed by atoms with Gasteiger partial charge in [0.05, 0.1) is 11.3 Å². The van der Waals surface area contributed by atoms with E-state index < -0.39 is 6.17 Å². The van der Waals surface area contributed by atoms with Crippen molar-refractivity contribution in [1.82, 2.24) is 14.9 Å². The van der Waals surface area contributed by atoms with Crippen molar-refractivity contribution in [2.24, 2.45) is 5.41 Å². The molecule has 2 unspecified atom stereocenters. The van der Waals surface area contributed by atoms with Crippen LogP contribution in [-0.4, -0.2) is 52.8 Å². The predicted octanol–water partition coefficient (Wildman–Crippen LogP) is 8.15. The number of alkyl halides is 1. The minimum atomic E-state index is -0.597. The Kier molecular flexibility index (Phi) is 11.3. The van der Waals surface area contributed by atoms with E-state index in [1.54, 1.807) is 0 Å². The van der Waals surface area contributed by atoms with Crippen LogP contribution in [0.25, 0.3) is 0 Å². The molecule has 7 heteroatoms. The van der Waals surface area contributed by atoms with Crippen LogP contribution in [0.5, 0.6) is 0 Å². The van der Waals surface area contributed by atoms with E-state index in [4.69, 9.17) is 15.7 Å². The van der Waals surface area contributed by atoms with Gasteiger partial charge in [0.1, 0.15) is 23.9 Å². The van der Waals surface area contributed by atoms with Crippen molar-refractivity contribution in [3.63, 3.8) is 0 Å². The van der Waals surface area contributed by atoms with Crippen LogP contribution in [-0.2, 0) is 19.3 Å². The molecule has 1 spiro atoms. The zero-order valence-electron chi connectivity index (χ0n) is 28.6. The molecular weight excluding hydrogens is 547 g/mol. The monoisotopic (exact) mass is 604 g/mol. The Hall–Kier alpha value is -2.72. The van der Waals surface area contributed by atoms with Gasteiger partial charge < -0.3 is 10.6 Å². The largest absolute Gasteiger partial charge is 0.398 e. The number of likely N-dealkylation sites (tertiary alicyclic amines) is 1. The maximum Gasteiger partial charge on any atom is 0.135 e. The highest BCUT2D eigenvalue weighted by molar-refractivity contribution is 5.62. The zero-order chi connectivity index (χ0) is 32.1. The average Bonchev–Trinajstić information content (AvgIpc) is 3.62. The lowest BCUT2D eigenvalue weighted by Crippen LogP contribution is -2.55. The molecule has 0 radical (unpaired) electrons. The summed E-state index contributed by atoms with van der Waals surface area (Å²) in [5.74, 6) is 2.41. The SMILES string of the molecule is CCCc1c(Cc2c([C@@H](C)CC)ccc(N)c2C#N)nc(CC)nc1N1CC2(CCCC2)C1.CCN1CC(F)CC1(C)CC. The fraction of sp³-hybridized carbons (Fsp3) is 0.703. The second-order valence-electron chi connectivity index (χ2n) is 13.9. The van der Waals surface area contributed by atoms with Gasteiger partial charge in [-0.15, -0.1) is 0 Å². The number of rotatable bonds is 10. The smallest absolute Gasteiger partial charge is 0.135 e. The summed E-state index contributed by atoms with van der Waals surface area (Å²) in [6.07, 6.45) is 11.1. The van der Waals surface area contributed by atoms with Gasteiger partial charge in [0.25, 0.3) is 0 Å². The fourth-order valence-electron chi connectivity index (χ4n) is 7.86. The van der Waals surface area contributed by atoms with E-state index in [1.165, 1.54) is 36.8 Å². The van der Waals surface area contributed by atoms with Gasteiger partial charge in [-0.1, -0.05) is 66.9 Å². The minimum absolute atomic E-state index is 0.133. The highest BCUT2D eigenvalue weighted by atomic mass is 19.1. The Morgan fingerprint density at radius 1 is 1.09 bits per heavy atom. The first-order valence-electron chi connectivity index (χ1n) is 17.4. The first-order valence-corrected chi connectivity index (χ1v) is 17.4. The van der Waals surface area contributed by atoms with Crippen LogP contribution < -0.4 is 10.6 Å². The molecule has 0 amide bonds. The molecule has 1 saturated carbocycles. The average molecular weight is 605 g/mol. The quantitative estimate of drug-likeness (QED) is 0.276. The van der Waals surface area contributed by atoms with Crippen LogP contribution in [0.1, 0.15) is 140 Å². The number of anilines is 2. The van der Waals surface area contributed by atoms with Gasteiger partial charge in [-0.3, -0.25) is 4.90 Å². The molecule has 3 atom stereocenters. The summed E-state index contributed by atoms with van der Waals surface area (Å²) in [6.45, 7) is 19.1. The highest BCUT2D eigenvalue weighted by Crippen LogP contribution is 2.47. The molecule has 2 saturated heterocycles. The number of halogens is 1. The standard InChI is InChI=1S/C28H39N5.C9H18FN/c1-5-10-21-25(15-22-20(19(4)6-2)11-12-24(30)23(22)16-29)31-26(7-3)32-27(21)33-17-28(18-33)13-8-9-14-28;1-4-9(3)6-8(10)7-11(9)5-2/h11-12,19H,5-10,13-15,17-18,30H2,1-4H3;8H,4-7H2,1-3H3/t19-;/m0./s1. The molecule has 6 nitrogen and oxygen atoms in total. The molecule has 3 heterocycles. The van der Waals surface area contributed by atoms with Crippen molar-refractivity contribution in [2.45, 2.75) is 137 Å².